The van der Waals surface area contributed by atoms with Crippen molar-refractivity contribution in [2.75, 3.05) is 30.9 Å². The van der Waals surface area contributed by atoms with Crippen LogP contribution < -0.4 is 10.0 Å². The number of carbonyl (C=O) groups excluding carboxylic acids is 1. The highest BCUT2D eigenvalue weighted by atomic mass is 32.2. The fourth-order valence-corrected chi connectivity index (χ4v) is 4.70. The third-order valence-corrected chi connectivity index (χ3v) is 7.27. The van der Waals surface area contributed by atoms with Gasteiger partial charge in [-0.3, -0.25) is 9.69 Å². The van der Waals surface area contributed by atoms with Crippen LogP contribution in [0.1, 0.15) is 50.2 Å². The topological polar surface area (TPSA) is 78.5 Å². The molecule has 2 N–H and O–H groups in total. The molecule has 29 heavy (non-hydrogen) atoms. The Morgan fingerprint density at radius 3 is 2.31 bits per heavy atom. The molecule has 1 aliphatic heterocycles. The monoisotopic (exact) mass is 441 g/mol. The Morgan fingerprint density at radius 1 is 1.10 bits per heavy atom. The molecule has 2 rings (SSSR count). The van der Waals surface area contributed by atoms with Gasteiger partial charge in [0.2, 0.25) is 15.9 Å². The first-order valence-electron chi connectivity index (χ1n) is 10.5. The molecule has 1 aliphatic rings. The van der Waals surface area contributed by atoms with Gasteiger partial charge in [-0.15, -0.1) is 0 Å². The third-order valence-electron chi connectivity index (χ3n) is 5.22. The van der Waals surface area contributed by atoms with E-state index in [9.17, 15) is 13.2 Å². The minimum atomic E-state index is -3.42. The number of benzene rings is 1. The molecule has 0 radical (unpaired) electrons. The van der Waals surface area contributed by atoms with Gasteiger partial charge in [-0.1, -0.05) is 37.1 Å². The Balaban J connectivity index is 1.87. The van der Waals surface area contributed by atoms with Crippen LogP contribution in [0.5, 0.6) is 0 Å². The van der Waals surface area contributed by atoms with E-state index in [0.717, 1.165) is 17.9 Å². The van der Waals surface area contributed by atoms with Crippen LogP contribution in [0.15, 0.2) is 24.3 Å². The highest BCUT2D eigenvalue weighted by molar-refractivity contribution is 7.98. The summed E-state index contributed by atoms with van der Waals surface area (Å²) in [6, 6.07) is 7.60. The molecular formula is C21H35N3O3S2. The lowest BCUT2D eigenvalue weighted by Gasteiger charge is -2.20. The number of sulfonamides is 1. The third kappa shape index (κ3) is 9.07. The van der Waals surface area contributed by atoms with Gasteiger partial charge in [-0.25, -0.2) is 13.1 Å². The lowest BCUT2D eigenvalue weighted by atomic mass is 10.1. The summed E-state index contributed by atoms with van der Waals surface area (Å²) in [7, 11) is -3.42. The van der Waals surface area contributed by atoms with Crippen LogP contribution in [0.3, 0.4) is 0 Å². The molecule has 1 amide bonds. The summed E-state index contributed by atoms with van der Waals surface area (Å²) in [5, 5.41) is 2.88. The Bertz CT molecular complexity index is 715. The first-order valence-corrected chi connectivity index (χ1v) is 13.5. The van der Waals surface area contributed by atoms with Crippen LogP contribution in [0.2, 0.25) is 0 Å². The van der Waals surface area contributed by atoms with Crippen LogP contribution in [0, 0.1) is 0 Å². The number of thioether (sulfide) groups is 1. The Hall–Kier alpha value is -1.09. The second-order valence-electron chi connectivity index (χ2n) is 7.58. The van der Waals surface area contributed by atoms with Crippen molar-refractivity contribution in [3.63, 3.8) is 0 Å². The second kappa shape index (κ2) is 12.6. The molecule has 1 atom stereocenters. The van der Waals surface area contributed by atoms with Gasteiger partial charge in [0, 0.05) is 13.1 Å². The summed E-state index contributed by atoms with van der Waals surface area (Å²) < 4.78 is 26.3. The van der Waals surface area contributed by atoms with Crippen LogP contribution in [-0.4, -0.2) is 56.1 Å². The first-order chi connectivity index (χ1) is 13.9. The molecular weight excluding hydrogens is 406 g/mol. The van der Waals surface area contributed by atoms with Crippen molar-refractivity contribution in [1.29, 1.82) is 0 Å². The summed E-state index contributed by atoms with van der Waals surface area (Å²) in [4.78, 5) is 15.0. The van der Waals surface area contributed by atoms with E-state index in [0.29, 0.717) is 13.0 Å². The summed E-state index contributed by atoms with van der Waals surface area (Å²) in [6.07, 6.45) is 7.65. The molecule has 0 spiro atoms. The predicted molar refractivity (Wildman–Crippen MR) is 121 cm³/mol. The van der Waals surface area contributed by atoms with Crippen molar-refractivity contribution in [1.82, 2.24) is 14.9 Å². The minimum Gasteiger partial charge on any atom is -0.351 e. The summed E-state index contributed by atoms with van der Waals surface area (Å²) in [6.45, 7) is 5.28. The largest absolute Gasteiger partial charge is 0.351 e. The van der Waals surface area contributed by atoms with E-state index in [1.807, 2.05) is 18.4 Å². The van der Waals surface area contributed by atoms with Gasteiger partial charge >= 0.3 is 0 Å². The zero-order valence-electron chi connectivity index (χ0n) is 17.7. The number of amides is 1. The first kappa shape index (κ1) is 24.2. The molecule has 1 saturated heterocycles. The van der Waals surface area contributed by atoms with Crippen LogP contribution in [0.4, 0.5) is 0 Å². The van der Waals surface area contributed by atoms with Gasteiger partial charge < -0.3 is 5.32 Å². The van der Waals surface area contributed by atoms with Crippen molar-refractivity contribution < 1.29 is 13.2 Å². The Labute approximate surface area is 180 Å². The van der Waals surface area contributed by atoms with E-state index >= 15 is 0 Å². The maximum Gasteiger partial charge on any atom is 0.238 e. The number of rotatable bonds is 11. The van der Waals surface area contributed by atoms with Crippen molar-refractivity contribution in [3.05, 3.63) is 35.4 Å². The lowest BCUT2D eigenvalue weighted by molar-refractivity contribution is -0.122. The van der Waals surface area contributed by atoms with E-state index < -0.39 is 16.1 Å². The lowest BCUT2D eigenvalue weighted by Crippen LogP contribution is -2.47. The van der Waals surface area contributed by atoms with Gasteiger partial charge in [0.05, 0.1) is 5.75 Å². The molecule has 6 nitrogen and oxygen atoms in total. The van der Waals surface area contributed by atoms with E-state index in [4.69, 9.17) is 0 Å². The average molecular weight is 442 g/mol. The maximum atomic E-state index is 12.5. The van der Waals surface area contributed by atoms with Crippen LogP contribution in [-0.2, 0) is 27.9 Å². The summed E-state index contributed by atoms with van der Waals surface area (Å²) in [5.74, 6) is 0.411. The fourth-order valence-electron chi connectivity index (χ4n) is 3.41. The molecule has 0 aliphatic carbocycles. The van der Waals surface area contributed by atoms with E-state index in [-0.39, 0.29) is 11.7 Å². The fraction of sp³-hybridized carbons (Fsp3) is 0.667. The molecule has 8 heteroatoms. The Morgan fingerprint density at radius 2 is 1.72 bits per heavy atom. The molecule has 1 fully saturated rings. The molecule has 1 aromatic carbocycles. The second-order valence-corrected chi connectivity index (χ2v) is 10.6. The molecule has 1 aromatic rings. The normalized spacial score (nSPS) is 16.9. The SMILES string of the molecule is CCS(=O)(=O)NC(CCSC)C(=O)NCc1ccc(CN2CCCCCC2)cc1. The van der Waals surface area contributed by atoms with Crippen molar-refractivity contribution >= 4 is 27.7 Å². The smallest absolute Gasteiger partial charge is 0.238 e. The summed E-state index contributed by atoms with van der Waals surface area (Å²) >= 11 is 1.59. The minimum absolute atomic E-state index is 0.0332. The van der Waals surface area contributed by atoms with E-state index in [1.165, 1.54) is 44.3 Å². The number of hydrogen-bond acceptors (Lipinski definition) is 5. The van der Waals surface area contributed by atoms with Crippen molar-refractivity contribution in [2.24, 2.45) is 0 Å². The Kier molecular flexibility index (Phi) is 10.5. The zero-order valence-corrected chi connectivity index (χ0v) is 19.3. The maximum absolute atomic E-state index is 12.5. The zero-order chi connectivity index (χ0) is 21.1. The highest BCUT2D eigenvalue weighted by Crippen LogP contribution is 2.14. The highest BCUT2D eigenvalue weighted by Gasteiger charge is 2.22. The van der Waals surface area contributed by atoms with Gasteiger partial charge in [-0.05, 0) is 62.4 Å². The number of carbonyl (C=O) groups is 1. The molecule has 0 aromatic heterocycles. The predicted octanol–water partition coefficient (Wildman–Crippen LogP) is 2.74. The summed E-state index contributed by atoms with van der Waals surface area (Å²) in [5.41, 5.74) is 2.30. The van der Waals surface area contributed by atoms with Gasteiger partial charge in [0.1, 0.15) is 6.04 Å². The number of likely N-dealkylation sites (tertiary alicyclic amines) is 1. The molecule has 0 bridgehead atoms. The molecule has 0 saturated carbocycles. The average Bonchev–Trinajstić information content (AvgIpc) is 2.99. The molecule has 1 heterocycles. The van der Waals surface area contributed by atoms with Crippen molar-refractivity contribution in [3.8, 4) is 0 Å². The number of hydrogen-bond donors (Lipinski definition) is 2. The van der Waals surface area contributed by atoms with Crippen LogP contribution in [0.25, 0.3) is 0 Å². The number of nitrogens with one attached hydrogen (secondary N) is 2. The standard InChI is InChI=1S/C21H35N3O3S2/c1-3-29(26,27)23-20(12-15-28-2)21(25)22-16-18-8-10-19(11-9-18)17-24-13-6-4-5-7-14-24/h8-11,20,23H,3-7,12-17H2,1-2H3,(H,22,25). The van der Waals surface area contributed by atoms with Gasteiger partial charge in [-0.2, -0.15) is 11.8 Å². The van der Waals surface area contributed by atoms with Crippen LogP contribution >= 0.6 is 11.8 Å². The quantitative estimate of drug-likeness (QED) is 0.552. The van der Waals surface area contributed by atoms with E-state index in [1.54, 1.807) is 18.7 Å². The van der Waals surface area contributed by atoms with E-state index in [2.05, 4.69) is 27.1 Å². The molecule has 164 valence electrons. The van der Waals surface area contributed by atoms with Gasteiger partial charge in [0.15, 0.2) is 0 Å². The molecule has 1 unspecified atom stereocenters. The van der Waals surface area contributed by atoms with Crippen molar-refractivity contribution in [2.45, 2.75) is 58.2 Å². The number of nitrogens with zero attached hydrogens (tertiary/aromatic N) is 1. The van der Waals surface area contributed by atoms with Gasteiger partial charge in [0.25, 0.3) is 0 Å².